The van der Waals surface area contributed by atoms with Crippen molar-refractivity contribution in [1.29, 1.82) is 0 Å². The van der Waals surface area contributed by atoms with Crippen molar-refractivity contribution in [2.45, 2.75) is 27.7 Å². The van der Waals surface area contributed by atoms with Crippen molar-refractivity contribution in [3.63, 3.8) is 0 Å². The lowest BCUT2D eigenvalue weighted by molar-refractivity contribution is 1.42. The molecular weight excluding hydrogens is 520 g/mol. The fourth-order valence-electron chi connectivity index (χ4n) is 5.00. The van der Waals surface area contributed by atoms with Crippen molar-refractivity contribution in [2.75, 3.05) is 30.6 Å². The van der Waals surface area contributed by atoms with E-state index in [1.807, 2.05) is 0 Å². The predicted molar refractivity (Wildman–Crippen MR) is 178 cm³/mol. The molecule has 192 valence electrons. The van der Waals surface area contributed by atoms with Gasteiger partial charge in [-0.3, -0.25) is 0 Å². The molecule has 0 aliphatic rings. The molecule has 0 spiro atoms. The SMILES string of the molecule is CCP(CC)c1ccccc1P(CP(c1ccccc1)c1ccccc1P(CC)CC)c1ccccc1. The average Bonchev–Trinajstić information content (AvgIpc) is 2.97. The second kappa shape index (κ2) is 14.7. The fourth-order valence-corrected chi connectivity index (χ4v) is 16.7. The summed E-state index contributed by atoms with van der Waals surface area (Å²) in [6.07, 6.45) is 5.03. The maximum Gasteiger partial charge on any atom is 0.00410 e. The number of rotatable bonds is 12. The molecule has 0 fully saturated rings. The van der Waals surface area contributed by atoms with Crippen molar-refractivity contribution in [2.24, 2.45) is 0 Å². The number of hydrogen-bond donors (Lipinski definition) is 0. The van der Waals surface area contributed by atoms with Gasteiger partial charge in [0.2, 0.25) is 0 Å². The van der Waals surface area contributed by atoms with Gasteiger partial charge in [0.15, 0.2) is 0 Å². The van der Waals surface area contributed by atoms with Crippen LogP contribution in [0, 0.1) is 0 Å². The summed E-state index contributed by atoms with van der Waals surface area (Å²) in [6.45, 7) is 9.51. The van der Waals surface area contributed by atoms with E-state index in [0.29, 0.717) is 0 Å². The Bertz CT molecular complexity index is 1120. The van der Waals surface area contributed by atoms with E-state index in [9.17, 15) is 0 Å². The molecule has 0 aliphatic carbocycles. The molecule has 0 aliphatic heterocycles. The van der Waals surface area contributed by atoms with Gasteiger partial charge in [-0.05, 0) is 72.3 Å². The first-order valence-corrected chi connectivity index (χ1v) is 20.0. The molecule has 0 bridgehead atoms. The standard InChI is InChI=1S/C33H40P4/c1-5-34(6-2)30-23-15-17-25-32(30)36(28-19-11-9-12-20-28)27-37(29-21-13-10-14-22-29)33-26-18-16-24-31(33)35(7-3)8-4/h9-26H,5-8,27H2,1-4H3. The zero-order valence-electron chi connectivity index (χ0n) is 22.7. The van der Waals surface area contributed by atoms with Crippen LogP contribution in [0.1, 0.15) is 27.7 Å². The normalized spacial score (nSPS) is 13.1. The molecule has 0 aromatic heterocycles. The van der Waals surface area contributed by atoms with Crippen molar-refractivity contribution in [1.82, 2.24) is 0 Å². The van der Waals surface area contributed by atoms with Crippen LogP contribution in [0.3, 0.4) is 0 Å². The van der Waals surface area contributed by atoms with E-state index in [1.165, 1.54) is 41.2 Å². The summed E-state index contributed by atoms with van der Waals surface area (Å²) in [5.74, 6) is 1.21. The van der Waals surface area contributed by atoms with Crippen molar-refractivity contribution in [3.8, 4) is 0 Å². The van der Waals surface area contributed by atoms with E-state index in [2.05, 4.69) is 137 Å². The largest absolute Gasteiger partial charge is 0.0752 e. The third-order valence-corrected chi connectivity index (χ3v) is 18.6. The van der Waals surface area contributed by atoms with Crippen LogP contribution >= 0.6 is 31.7 Å². The molecule has 4 aromatic rings. The highest BCUT2D eigenvalue weighted by molar-refractivity contribution is 7.90. The molecule has 0 radical (unpaired) electrons. The summed E-state index contributed by atoms with van der Waals surface area (Å²) in [4.78, 5) is 0. The highest BCUT2D eigenvalue weighted by Gasteiger charge is 2.27. The van der Waals surface area contributed by atoms with Crippen molar-refractivity contribution in [3.05, 3.63) is 109 Å². The van der Waals surface area contributed by atoms with Gasteiger partial charge in [-0.25, -0.2) is 0 Å². The first-order chi connectivity index (χ1) is 18.2. The summed E-state index contributed by atoms with van der Waals surface area (Å²) in [5.41, 5.74) is 0. The summed E-state index contributed by atoms with van der Waals surface area (Å²) in [7, 11) is -1.23. The Kier molecular flexibility index (Phi) is 11.3. The highest BCUT2D eigenvalue weighted by atomic mass is 31.2. The molecular formula is C33H40P4. The van der Waals surface area contributed by atoms with Crippen LogP contribution in [-0.2, 0) is 0 Å². The Morgan fingerprint density at radius 3 is 1.00 bits per heavy atom. The van der Waals surface area contributed by atoms with Gasteiger partial charge >= 0.3 is 0 Å². The minimum atomic E-state index is -0.490. The van der Waals surface area contributed by atoms with E-state index in [4.69, 9.17) is 0 Å². The van der Waals surface area contributed by atoms with Crippen LogP contribution < -0.4 is 31.8 Å². The Labute approximate surface area is 230 Å². The Balaban J connectivity index is 1.89. The smallest absolute Gasteiger partial charge is 0.00410 e. The minimum Gasteiger partial charge on any atom is -0.0752 e. The lowest BCUT2D eigenvalue weighted by atomic mass is 10.4. The molecule has 0 heterocycles. The maximum absolute atomic E-state index is 2.46. The molecule has 0 amide bonds. The average molecular weight is 561 g/mol. The first kappa shape index (κ1) is 28.6. The molecule has 0 nitrogen and oxygen atoms in total. The topological polar surface area (TPSA) is 0 Å². The quantitative estimate of drug-likeness (QED) is 0.157. The van der Waals surface area contributed by atoms with Crippen molar-refractivity contribution >= 4 is 63.5 Å². The van der Waals surface area contributed by atoms with Gasteiger partial charge in [-0.1, -0.05) is 153 Å². The Hall–Kier alpha value is -1.40. The Morgan fingerprint density at radius 2 is 0.676 bits per heavy atom. The van der Waals surface area contributed by atoms with Gasteiger partial charge in [-0.15, -0.1) is 0 Å². The van der Waals surface area contributed by atoms with Gasteiger partial charge < -0.3 is 0 Å². The molecule has 0 saturated carbocycles. The van der Waals surface area contributed by atoms with Gasteiger partial charge in [-0.2, -0.15) is 0 Å². The van der Waals surface area contributed by atoms with Gasteiger partial charge in [0.1, 0.15) is 0 Å². The molecule has 4 rings (SSSR count). The van der Waals surface area contributed by atoms with E-state index in [0.717, 1.165) is 0 Å². The molecule has 4 aromatic carbocycles. The van der Waals surface area contributed by atoms with E-state index < -0.39 is 15.8 Å². The predicted octanol–water partition coefficient (Wildman–Crippen LogP) is 7.50. The zero-order chi connectivity index (χ0) is 26.0. The summed E-state index contributed by atoms with van der Waals surface area (Å²) < 4.78 is 0. The van der Waals surface area contributed by atoms with Crippen LogP contribution in [0.15, 0.2) is 109 Å². The van der Waals surface area contributed by atoms with E-state index >= 15 is 0 Å². The molecule has 2 atom stereocenters. The molecule has 2 unspecified atom stereocenters. The second-order valence-electron chi connectivity index (χ2n) is 8.99. The lowest BCUT2D eigenvalue weighted by Crippen LogP contribution is -2.31. The van der Waals surface area contributed by atoms with Crippen LogP contribution in [0.5, 0.6) is 0 Å². The van der Waals surface area contributed by atoms with Crippen molar-refractivity contribution < 1.29 is 0 Å². The number of benzene rings is 4. The minimum absolute atomic E-state index is 0.124. The number of hydrogen-bond acceptors (Lipinski definition) is 0. The maximum atomic E-state index is 2.46. The van der Waals surface area contributed by atoms with E-state index in [-0.39, 0.29) is 15.8 Å². The van der Waals surface area contributed by atoms with Gasteiger partial charge in [0.25, 0.3) is 0 Å². The Morgan fingerprint density at radius 1 is 0.378 bits per heavy atom. The van der Waals surface area contributed by atoms with Crippen LogP contribution in [0.4, 0.5) is 0 Å². The van der Waals surface area contributed by atoms with E-state index in [1.54, 1.807) is 21.2 Å². The third-order valence-electron chi connectivity index (χ3n) is 6.97. The third kappa shape index (κ3) is 6.98. The zero-order valence-corrected chi connectivity index (χ0v) is 26.3. The summed E-state index contributed by atoms with van der Waals surface area (Å²) >= 11 is 0. The fraction of sp³-hybridized carbons (Fsp3) is 0.273. The summed E-state index contributed by atoms with van der Waals surface area (Å²) in [6, 6.07) is 41.7. The summed E-state index contributed by atoms with van der Waals surface area (Å²) in [5, 5.41) is 9.54. The molecule has 37 heavy (non-hydrogen) atoms. The van der Waals surface area contributed by atoms with Gasteiger partial charge in [0, 0.05) is 5.90 Å². The molecule has 4 heteroatoms. The highest BCUT2D eigenvalue weighted by Crippen LogP contribution is 2.50. The molecule has 0 N–H and O–H groups in total. The lowest BCUT2D eigenvalue weighted by Gasteiger charge is -2.31. The second-order valence-corrected chi connectivity index (χ2v) is 19.5. The van der Waals surface area contributed by atoms with Gasteiger partial charge in [0.05, 0.1) is 0 Å². The monoisotopic (exact) mass is 560 g/mol. The molecule has 0 saturated heterocycles. The van der Waals surface area contributed by atoms with Crippen LogP contribution in [-0.4, -0.2) is 30.6 Å². The van der Waals surface area contributed by atoms with Crippen LogP contribution in [0.25, 0.3) is 0 Å². The first-order valence-electron chi connectivity index (χ1n) is 13.5. The van der Waals surface area contributed by atoms with Crippen LogP contribution in [0.2, 0.25) is 0 Å².